The fraction of sp³-hybridized carbons (Fsp3) is 0.462. The molecular weight excluding hydrogens is 338 g/mol. The van der Waals surface area contributed by atoms with E-state index in [1.54, 1.807) is 23.3 Å². The molecule has 0 unspecified atom stereocenters. The summed E-state index contributed by atoms with van der Waals surface area (Å²) in [5.74, 6) is 0.577. The number of aryl methyl sites for hydroxylation is 1. The minimum Gasteiger partial charge on any atom is -0.364 e. The zero-order chi connectivity index (χ0) is 16.6. The number of thiazole rings is 1. The molecule has 3 rings (SSSR count). The van der Waals surface area contributed by atoms with Crippen LogP contribution in [0.15, 0.2) is 11.6 Å². The van der Waals surface area contributed by atoms with Crippen molar-refractivity contribution in [2.45, 2.75) is 6.42 Å². The fourth-order valence-electron chi connectivity index (χ4n) is 2.62. The zero-order valence-corrected chi connectivity index (χ0v) is 14.2. The maximum atomic E-state index is 11.8. The van der Waals surface area contributed by atoms with E-state index in [0.29, 0.717) is 24.5 Å². The third-order valence-electron chi connectivity index (χ3n) is 3.75. The molecule has 0 spiro atoms. The third kappa shape index (κ3) is 3.22. The van der Waals surface area contributed by atoms with Crippen molar-refractivity contribution in [1.82, 2.24) is 14.8 Å². The smallest absolute Gasteiger partial charge is 0.268 e. The van der Waals surface area contributed by atoms with Gasteiger partial charge in [-0.3, -0.25) is 9.48 Å². The molecule has 1 saturated heterocycles. The number of hydrogen-bond acceptors (Lipinski definition) is 7. The molecular formula is C13H17N5O3S2. The molecule has 0 aliphatic carbocycles. The highest BCUT2D eigenvalue weighted by Crippen LogP contribution is 2.33. The number of carbonyl (C=O) groups excluding carboxylic acids is 1. The second kappa shape index (κ2) is 5.93. The lowest BCUT2D eigenvalue weighted by Crippen LogP contribution is -2.29. The van der Waals surface area contributed by atoms with E-state index in [2.05, 4.69) is 10.1 Å². The molecule has 2 aromatic heterocycles. The molecule has 2 aromatic rings. The van der Waals surface area contributed by atoms with E-state index in [4.69, 9.17) is 5.73 Å². The van der Waals surface area contributed by atoms with Crippen LogP contribution in [0.4, 0.5) is 5.82 Å². The Morgan fingerprint density at radius 1 is 1.35 bits per heavy atom. The number of anilines is 1. The Balaban J connectivity index is 1.96. The molecule has 1 fully saturated rings. The Morgan fingerprint density at radius 2 is 2.13 bits per heavy atom. The molecule has 124 valence electrons. The van der Waals surface area contributed by atoms with Crippen molar-refractivity contribution in [1.29, 1.82) is 0 Å². The molecule has 10 heteroatoms. The Kier molecular flexibility index (Phi) is 4.11. The predicted molar refractivity (Wildman–Crippen MR) is 88.3 cm³/mol. The van der Waals surface area contributed by atoms with E-state index >= 15 is 0 Å². The van der Waals surface area contributed by atoms with Gasteiger partial charge in [-0.25, -0.2) is 13.4 Å². The molecule has 0 radical (unpaired) electrons. The number of hydrogen-bond donors (Lipinski definition) is 1. The molecule has 1 aliphatic heterocycles. The Bertz CT molecular complexity index is 840. The number of primary amides is 1. The Morgan fingerprint density at radius 3 is 2.83 bits per heavy atom. The number of aromatic nitrogens is 3. The first-order valence-electron chi connectivity index (χ1n) is 7.10. The van der Waals surface area contributed by atoms with Crippen molar-refractivity contribution in [2.24, 2.45) is 12.8 Å². The maximum absolute atomic E-state index is 11.8. The minimum atomic E-state index is -2.99. The predicted octanol–water partition coefficient (Wildman–Crippen LogP) is 0.267. The highest BCUT2D eigenvalue weighted by Gasteiger charge is 2.25. The normalized spacial score (nSPS) is 17.9. The topological polar surface area (TPSA) is 111 Å². The summed E-state index contributed by atoms with van der Waals surface area (Å²) < 4.78 is 25.3. The van der Waals surface area contributed by atoms with Crippen molar-refractivity contribution in [3.05, 3.63) is 17.3 Å². The summed E-state index contributed by atoms with van der Waals surface area (Å²) in [7, 11) is -1.18. The van der Waals surface area contributed by atoms with Crippen LogP contribution in [0, 0.1) is 0 Å². The zero-order valence-electron chi connectivity index (χ0n) is 12.6. The summed E-state index contributed by atoms with van der Waals surface area (Å²) in [6, 6.07) is 0. The van der Waals surface area contributed by atoms with Crippen molar-refractivity contribution in [3.63, 3.8) is 0 Å². The second-order valence-corrected chi connectivity index (χ2v) is 8.56. The van der Waals surface area contributed by atoms with Gasteiger partial charge in [0, 0.05) is 25.5 Å². The van der Waals surface area contributed by atoms with E-state index in [-0.39, 0.29) is 17.2 Å². The maximum Gasteiger partial charge on any atom is 0.268 e. The van der Waals surface area contributed by atoms with E-state index in [9.17, 15) is 13.2 Å². The van der Waals surface area contributed by atoms with Crippen LogP contribution < -0.4 is 10.6 Å². The SMILES string of the molecule is Cn1ncc(-c2nc(C(N)=O)cs2)c1N1CCCS(=O)(=O)CC1. The molecule has 1 aliphatic rings. The van der Waals surface area contributed by atoms with Gasteiger partial charge in [-0.1, -0.05) is 0 Å². The van der Waals surface area contributed by atoms with Crippen LogP contribution in [0.3, 0.4) is 0 Å². The lowest BCUT2D eigenvalue weighted by molar-refractivity contribution is 0.0996. The van der Waals surface area contributed by atoms with E-state index in [1.165, 1.54) is 11.3 Å². The van der Waals surface area contributed by atoms with Gasteiger partial charge in [-0.2, -0.15) is 5.10 Å². The summed E-state index contributed by atoms with van der Waals surface area (Å²) in [6.45, 7) is 1.06. The fourth-order valence-corrected chi connectivity index (χ4v) is 4.70. The number of nitrogens with two attached hydrogens (primary N) is 1. The standard InChI is InChI=1S/C13H17N5O3S2/c1-17-13(18-3-2-5-23(20,21)6-4-18)9(7-15-17)12-16-10(8-22-12)11(14)19/h7-8H,2-6H2,1H3,(H2,14,19). The van der Waals surface area contributed by atoms with Gasteiger partial charge in [0.05, 0.1) is 23.3 Å². The van der Waals surface area contributed by atoms with Crippen LogP contribution in [0.1, 0.15) is 16.9 Å². The summed E-state index contributed by atoms with van der Waals surface area (Å²) in [5.41, 5.74) is 6.25. The summed E-state index contributed by atoms with van der Waals surface area (Å²) >= 11 is 1.32. The summed E-state index contributed by atoms with van der Waals surface area (Å²) in [4.78, 5) is 17.5. The molecule has 23 heavy (non-hydrogen) atoms. The highest BCUT2D eigenvalue weighted by molar-refractivity contribution is 7.91. The van der Waals surface area contributed by atoms with Crippen molar-refractivity contribution in [2.75, 3.05) is 29.5 Å². The largest absolute Gasteiger partial charge is 0.364 e. The van der Waals surface area contributed by atoms with Crippen LogP contribution in [-0.4, -0.2) is 53.7 Å². The molecule has 8 nitrogen and oxygen atoms in total. The number of rotatable bonds is 3. The third-order valence-corrected chi connectivity index (χ3v) is 6.34. The Hall–Kier alpha value is -1.94. The molecule has 0 bridgehead atoms. The summed E-state index contributed by atoms with van der Waals surface area (Å²) in [6.07, 6.45) is 2.26. The van der Waals surface area contributed by atoms with Gasteiger partial charge in [0.15, 0.2) is 9.84 Å². The average Bonchev–Trinajstić information content (AvgIpc) is 3.05. The molecule has 0 saturated carbocycles. The molecule has 1 amide bonds. The van der Waals surface area contributed by atoms with Gasteiger partial charge in [-0.15, -0.1) is 11.3 Å². The van der Waals surface area contributed by atoms with Gasteiger partial charge >= 0.3 is 0 Å². The average molecular weight is 355 g/mol. The first-order valence-corrected chi connectivity index (χ1v) is 9.80. The number of amides is 1. The molecule has 0 aromatic carbocycles. The van der Waals surface area contributed by atoms with Crippen LogP contribution >= 0.6 is 11.3 Å². The van der Waals surface area contributed by atoms with Crippen LogP contribution in [0.5, 0.6) is 0 Å². The minimum absolute atomic E-state index is 0.127. The van der Waals surface area contributed by atoms with E-state index in [1.807, 2.05) is 4.90 Å². The number of sulfone groups is 1. The Labute approximate surface area is 137 Å². The lowest BCUT2D eigenvalue weighted by Gasteiger charge is -2.23. The van der Waals surface area contributed by atoms with Gasteiger partial charge in [-0.05, 0) is 6.42 Å². The second-order valence-electron chi connectivity index (χ2n) is 5.40. The first kappa shape index (κ1) is 15.9. The van der Waals surface area contributed by atoms with Crippen LogP contribution in [0.25, 0.3) is 10.6 Å². The highest BCUT2D eigenvalue weighted by atomic mass is 32.2. The van der Waals surface area contributed by atoms with Crippen molar-refractivity contribution >= 4 is 32.9 Å². The van der Waals surface area contributed by atoms with Crippen molar-refractivity contribution < 1.29 is 13.2 Å². The van der Waals surface area contributed by atoms with Crippen LogP contribution in [0.2, 0.25) is 0 Å². The van der Waals surface area contributed by atoms with Gasteiger partial charge in [0.2, 0.25) is 0 Å². The number of nitrogens with zero attached hydrogens (tertiary/aromatic N) is 4. The molecule has 0 atom stereocenters. The van der Waals surface area contributed by atoms with Gasteiger partial charge in [0.1, 0.15) is 16.5 Å². The van der Waals surface area contributed by atoms with E-state index < -0.39 is 15.7 Å². The summed E-state index contributed by atoms with van der Waals surface area (Å²) in [5, 5.41) is 6.52. The van der Waals surface area contributed by atoms with Crippen LogP contribution in [-0.2, 0) is 16.9 Å². The van der Waals surface area contributed by atoms with Gasteiger partial charge < -0.3 is 10.6 Å². The van der Waals surface area contributed by atoms with Crippen molar-refractivity contribution in [3.8, 4) is 10.6 Å². The monoisotopic (exact) mass is 355 g/mol. The number of carbonyl (C=O) groups is 1. The van der Waals surface area contributed by atoms with E-state index in [0.717, 1.165) is 11.4 Å². The van der Waals surface area contributed by atoms with Gasteiger partial charge in [0.25, 0.3) is 5.91 Å². The quantitative estimate of drug-likeness (QED) is 0.846. The lowest BCUT2D eigenvalue weighted by atomic mass is 10.3. The first-order chi connectivity index (χ1) is 10.9. The molecule has 2 N–H and O–H groups in total. The molecule has 3 heterocycles.